The van der Waals surface area contributed by atoms with Crippen molar-refractivity contribution >= 4 is 18.5 Å². The van der Waals surface area contributed by atoms with Crippen molar-refractivity contribution < 1.29 is 4.79 Å². The highest BCUT2D eigenvalue weighted by Gasteiger charge is 2.30. The first-order valence-electron chi connectivity index (χ1n) is 9.29. The summed E-state index contributed by atoms with van der Waals surface area (Å²) in [5.74, 6) is 11.6. The maximum Gasteiger partial charge on any atom is 0.240 e. The molecule has 0 saturated heterocycles. The molecule has 0 bridgehead atoms. The zero-order valence-corrected chi connectivity index (χ0v) is 17.2. The molecule has 2 aromatic rings. The van der Waals surface area contributed by atoms with Crippen molar-refractivity contribution in [2.24, 2.45) is 0 Å². The first kappa shape index (κ1) is 21.6. The predicted molar refractivity (Wildman–Crippen MR) is 119 cm³/mol. The van der Waals surface area contributed by atoms with Gasteiger partial charge in [0.2, 0.25) is 5.91 Å². The lowest BCUT2D eigenvalue weighted by molar-refractivity contribution is -0.122. The van der Waals surface area contributed by atoms with Crippen LogP contribution in [0.1, 0.15) is 30.9 Å². The van der Waals surface area contributed by atoms with Gasteiger partial charge in [-0.25, -0.2) is 0 Å². The fourth-order valence-electron chi connectivity index (χ4n) is 2.62. The molecular weight excluding hydrogens is 364 g/mol. The molecule has 0 aliphatic carbocycles. The molecule has 144 valence electrons. The van der Waals surface area contributed by atoms with Crippen molar-refractivity contribution in [1.29, 1.82) is 0 Å². The van der Waals surface area contributed by atoms with Gasteiger partial charge >= 0.3 is 0 Å². The number of thiol groups is 1. The summed E-state index contributed by atoms with van der Waals surface area (Å²) in [6.07, 6.45) is 0. The van der Waals surface area contributed by atoms with Crippen molar-refractivity contribution in [1.82, 2.24) is 10.6 Å². The Morgan fingerprint density at radius 1 is 1.00 bits per heavy atom. The summed E-state index contributed by atoms with van der Waals surface area (Å²) in [5, 5.41) is 6.09. The Balaban J connectivity index is 1.68. The standard InChI is InChI=1S/C24H26N2OS/c1-20(21-13-7-5-8-14-21)19-25-17-11-3-4-12-18-26-23(27)24(2,28)22-15-9-6-10-16-22/h5-10,13-16,20,25,28H,17-19H2,1-2H3,(H,26,27)/t20-,24+/m1/s1. The first-order valence-corrected chi connectivity index (χ1v) is 9.74. The van der Waals surface area contributed by atoms with Crippen LogP contribution in [0.3, 0.4) is 0 Å². The van der Waals surface area contributed by atoms with Crippen LogP contribution < -0.4 is 10.6 Å². The summed E-state index contributed by atoms with van der Waals surface area (Å²) in [4.78, 5) is 12.3. The van der Waals surface area contributed by atoms with E-state index in [4.69, 9.17) is 0 Å². The molecule has 2 rings (SSSR count). The van der Waals surface area contributed by atoms with Gasteiger partial charge in [-0.2, -0.15) is 12.6 Å². The third-order valence-electron chi connectivity index (χ3n) is 4.39. The highest BCUT2D eigenvalue weighted by Crippen LogP contribution is 2.27. The monoisotopic (exact) mass is 390 g/mol. The third kappa shape index (κ3) is 6.82. The van der Waals surface area contributed by atoms with Crippen LogP contribution in [0, 0.1) is 23.7 Å². The zero-order chi connectivity index (χ0) is 20.2. The Kier molecular flexibility index (Phi) is 8.69. The second-order valence-electron chi connectivity index (χ2n) is 6.67. The van der Waals surface area contributed by atoms with Crippen LogP contribution in [0.25, 0.3) is 0 Å². The van der Waals surface area contributed by atoms with Crippen LogP contribution in [-0.2, 0) is 9.54 Å². The van der Waals surface area contributed by atoms with Gasteiger partial charge in [-0.05, 0) is 35.8 Å². The molecule has 2 N–H and O–H groups in total. The second-order valence-corrected chi connectivity index (χ2v) is 7.56. The van der Waals surface area contributed by atoms with Crippen molar-refractivity contribution in [3.8, 4) is 23.7 Å². The van der Waals surface area contributed by atoms with Crippen LogP contribution in [0.15, 0.2) is 60.7 Å². The van der Waals surface area contributed by atoms with E-state index in [-0.39, 0.29) is 12.5 Å². The van der Waals surface area contributed by atoms with Gasteiger partial charge in [0.15, 0.2) is 0 Å². The Labute approximate surface area is 173 Å². The third-order valence-corrected chi connectivity index (χ3v) is 4.85. The van der Waals surface area contributed by atoms with Gasteiger partial charge in [-0.3, -0.25) is 4.79 Å². The molecule has 0 saturated carbocycles. The summed E-state index contributed by atoms with van der Waals surface area (Å²) in [5.41, 5.74) is 2.16. The van der Waals surface area contributed by atoms with E-state index in [1.165, 1.54) is 5.56 Å². The van der Waals surface area contributed by atoms with Crippen LogP contribution in [-0.4, -0.2) is 25.5 Å². The molecule has 2 atom stereocenters. The van der Waals surface area contributed by atoms with E-state index in [9.17, 15) is 4.79 Å². The Morgan fingerprint density at radius 2 is 1.57 bits per heavy atom. The summed E-state index contributed by atoms with van der Waals surface area (Å²) in [6.45, 7) is 5.65. The maximum absolute atomic E-state index is 12.3. The van der Waals surface area contributed by atoms with Crippen molar-refractivity contribution in [2.75, 3.05) is 19.6 Å². The van der Waals surface area contributed by atoms with Crippen LogP contribution >= 0.6 is 12.6 Å². The van der Waals surface area contributed by atoms with E-state index < -0.39 is 4.75 Å². The summed E-state index contributed by atoms with van der Waals surface area (Å²) < 4.78 is -0.895. The van der Waals surface area contributed by atoms with E-state index in [1.807, 2.05) is 36.4 Å². The minimum absolute atomic E-state index is 0.180. The largest absolute Gasteiger partial charge is 0.344 e. The van der Waals surface area contributed by atoms with Gasteiger partial charge in [0.1, 0.15) is 4.75 Å². The summed E-state index contributed by atoms with van der Waals surface area (Å²) >= 11 is 4.50. The van der Waals surface area contributed by atoms with Gasteiger partial charge in [-0.1, -0.05) is 79.4 Å². The lowest BCUT2D eigenvalue weighted by atomic mass is 9.99. The smallest absolute Gasteiger partial charge is 0.240 e. The van der Waals surface area contributed by atoms with Gasteiger partial charge in [0.25, 0.3) is 0 Å². The highest BCUT2D eigenvalue weighted by atomic mass is 32.1. The maximum atomic E-state index is 12.3. The molecule has 0 fully saturated rings. The molecule has 28 heavy (non-hydrogen) atoms. The SMILES string of the molecule is C[C@H](CNCC#CC#CCNC(=O)[C@@](C)(S)c1ccccc1)c1ccccc1. The average molecular weight is 391 g/mol. The van der Waals surface area contributed by atoms with E-state index >= 15 is 0 Å². The molecule has 1 amide bonds. The van der Waals surface area contributed by atoms with E-state index in [1.54, 1.807) is 6.92 Å². The number of amides is 1. The molecule has 0 radical (unpaired) electrons. The van der Waals surface area contributed by atoms with Gasteiger partial charge in [0.05, 0.1) is 13.1 Å². The molecule has 3 nitrogen and oxygen atoms in total. The zero-order valence-electron chi connectivity index (χ0n) is 16.3. The van der Waals surface area contributed by atoms with E-state index in [0.29, 0.717) is 12.5 Å². The van der Waals surface area contributed by atoms with Gasteiger partial charge in [0, 0.05) is 6.54 Å². The van der Waals surface area contributed by atoms with Crippen LogP contribution in [0.4, 0.5) is 0 Å². The molecule has 4 heteroatoms. The Morgan fingerprint density at radius 3 is 2.21 bits per heavy atom. The number of hydrogen-bond acceptors (Lipinski definition) is 3. The highest BCUT2D eigenvalue weighted by molar-refractivity contribution is 7.82. The molecule has 0 unspecified atom stereocenters. The second kappa shape index (κ2) is 11.2. The average Bonchev–Trinajstić information content (AvgIpc) is 2.73. The van der Waals surface area contributed by atoms with Crippen molar-refractivity contribution in [3.05, 3.63) is 71.8 Å². The quantitative estimate of drug-likeness (QED) is 0.386. The van der Waals surface area contributed by atoms with Crippen LogP contribution in [0.5, 0.6) is 0 Å². The Bertz CT molecular complexity index is 871. The minimum Gasteiger partial charge on any atom is -0.344 e. The van der Waals surface area contributed by atoms with Gasteiger partial charge in [-0.15, -0.1) is 0 Å². The number of nitrogens with one attached hydrogen (secondary N) is 2. The van der Waals surface area contributed by atoms with E-state index in [0.717, 1.165) is 12.1 Å². The number of carbonyl (C=O) groups is 1. The summed E-state index contributed by atoms with van der Waals surface area (Å²) in [7, 11) is 0. The summed E-state index contributed by atoms with van der Waals surface area (Å²) in [6, 6.07) is 19.8. The molecule has 0 spiro atoms. The number of rotatable bonds is 7. The molecule has 0 heterocycles. The van der Waals surface area contributed by atoms with Crippen molar-refractivity contribution in [3.63, 3.8) is 0 Å². The molecule has 2 aromatic carbocycles. The first-order chi connectivity index (χ1) is 13.5. The lowest BCUT2D eigenvalue weighted by Crippen LogP contribution is -2.38. The van der Waals surface area contributed by atoms with Gasteiger partial charge < -0.3 is 10.6 Å². The molecule has 0 aliphatic rings. The number of benzene rings is 2. The van der Waals surface area contributed by atoms with E-state index in [2.05, 4.69) is 78.1 Å². The molecule has 0 aromatic heterocycles. The minimum atomic E-state index is -0.895. The fraction of sp³-hybridized carbons (Fsp3) is 0.292. The normalized spacial score (nSPS) is 13.1. The number of hydrogen-bond donors (Lipinski definition) is 3. The van der Waals surface area contributed by atoms with Crippen molar-refractivity contribution in [2.45, 2.75) is 24.5 Å². The molecular formula is C24H26N2OS. The predicted octanol–water partition coefficient (Wildman–Crippen LogP) is 3.35. The topological polar surface area (TPSA) is 41.1 Å². The van der Waals surface area contributed by atoms with Crippen LogP contribution in [0.2, 0.25) is 0 Å². The fourth-order valence-corrected chi connectivity index (χ4v) is 2.85. The Hall–Kier alpha value is -2.66. The molecule has 0 aliphatic heterocycles. The lowest BCUT2D eigenvalue weighted by Gasteiger charge is -2.22. The number of carbonyl (C=O) groups excluding carboxylic acids is 1.